The van der Waals surface area contributed by atoms with Gasteiger partial charge in [0.05, 0.1) is 18.6 Å². The average Bonchev–Trinajstić information content (AvgIpc) is 2.75. The highest BCUT2D eigenvalue weighted by molar-refractivity contribution is 6.35. The lowest BCUT2D eigenvalue weighted by Gasteiger charge is -2.03. The minimum absolute atomic E-state index is 0.245. The number of aromatic amines is 1. The molecule has 0 aliphatic rings. The van der Waals surface area contributed by atoms with Crippen molar-refractivity contribution < 1.29 is 9.59 Å². The molecule has 82 valence electrons. The monoisotopic (exact) mass is 211 g/mol. The molecule has 5 N–H and O–H groups in total. The molecule has 0 fully saturated rings. The molecule has 0 radical (unpaired) electrons. The first-order valence-corrected chi connectivity index (χ1v) is 4.47. The Labute approximate surface area is 86.4 Å². The number of nitrogens with two attached hydrogens (primary N) is 1. The summed E-state index contributed by atoms with van der Waals surface area (Å²) in [5.74, 6) is -1.36. The molecule has 0 aliphatic carbocycles. The smallest absolute Gasteiger partial charge is 0.309 e. The van der Waals surface area contributed by atoms with E-state index in [1.165, 1.54) is 6.33 Å². The summed E-state index contributed by atoms with van der Waals surface area (Å²) in [4.78, 5) is 28.8. The van der Waals surface area contributed by atoms with Crippen molar-refractivity contribution in [1.29, 1.82) is 0 Å². The van der Waals surface area contributed by atoms with Gasteiger partial charge in [0.1, 0.15) is 0 Å². The summed E-state index contributed by atoms with van der Waals surface area (Å²) in [5, 5.41) is 4.79. The maximum Gasteiger partial charge on any atom is 0.309 e. The normalized spacial score (nSPS) is 9.67. The lowest BCUT2D eigenvalue weighted by molar-refractivity contribution is -0.139. The van der Waals surface area contributed by atoms with E-state index in [1.54, 1.807) is 6.20 Å². The predicted molar refractivity (Wildman–Crippen MR) is 52.5 cm³/mol. The number of aromatic nitrogens is 2. The lowest BCUT2D eigenvalue weighted by atomic mass is 10.4. The van der Waals surface area contributed by atoms with Crippen LogP contribution in [0.5, 0.6) is 0 Å². The van der Waals surface area contributed by atoms with Gasteiger partial charge < -0.3 is 21.4 Å². The number of rotatable bonds is 4. The van der Waals surface area contributed by atoms with Crippen LogP contribution in [-0.4, -0.2) is 34.9 Å². The van der Waals surface area contributed by atoms with Gasteiger partial charge in [-0.3, -0.25) is 9.59 Å². The summed E-state index contributed by atoms with van der Waals surface area (Å²) < 4.78 is 0. The summed E-state index contributed by atoms with van der Waals surface area (Å²) in [6, 6.07) is 0. The molecular weight excluding hydrogens is 198 g/mol. The van der Waals surface area contributed by atoms with Crippen molar-refractivity contribution in [3.63, 3.8) is 0 Å². The van der Waals surface area contributed by atoms with Crippen LogP contribution in [0.15, 0.2) is 12.5 Å². The van der Waals surface area contributed by atoms with Crippen LogP contribution in [0.25, 0.3) is 0 Å². The molecule has 1 aromatic heterocycles. The highest BCUT2D eigenvalue weighted by atomic mass is 16.2. The van der Waals surface area contributed by atoms with E-state index in [2.05, 4.69) is 20.6 Å². The van der Waals surface area contributed by atoms with Crippen molar-refractivity contribution in [3.8, 4) is 0 Å². The van der Waals surface area contributed by atoms with E-state index in [-0.39, 0.29) is 13.1 Å². The van der Waals surface area contributed by atoms with E-state index in [9.17, 15) is 9.59 Å². The Morgan fingerprint density at radius 2 is 2.13 bits per heavy atom. The summed E-state index contributed by atoms with van der Waals surface area (Å²) in [6.07, 6.45) is 3.06. The van der Waals surface area contributed by atoms with Gasteiger partial charge in [-0.1, -0.05) is 0 Å². The third-order valence-corrected chi connectivity index (χ3v) is 1.63. The van der Waals surface area contributed by atoms with E-state index in [0.717, 1.165) is 5.69 Å². The number of hydrogen-bond donors (Lipinski definition) is 4. The molecule has 0 saturated heterocycles. The summed E-state index contributed by atoms with van der Waals surface area (Å²) >= 11 is 0. The maximum atomic E-state index is 11.1. The second kappa shape index (κ2) is 5.76. The molecule has 15 heavy (non-hydrogen) atoms. The van der Waals surface area contributed by atoms with Gasteiger partial charge in [0.15, 0.2) is 0 Å². The van der Waals surface area contributed by atoms with Gasteiger partial charge in [-0.05, 0) is 0 Å². The molecule has 0 saturated carbocycles. The van der Waals surface area contributed by atoms with Crippen molar-refractivity contribution in [1.82, 2.24) is 20.6 Å². The number of H-pyrrole nitrogens is 1. The Balaban J connectivity index is 2.26. The molecule has 0 spiro atoms. The average molecular weight is 211 g/mol. The van der Waals surface area contributed by atoms with Gasteiger partial charge in [0, 0.05) is 19.3 Å². The number of imidazole rings is 1. The summed E-state index contributed by atoms with van der Waals surface area (Å²) in [7, 11) is 0. The summed E-state index contributed by atoms with van der Waals surface area (Å²) in [5.41, 5.74) is 5.90. The van der Waals surface area contributed by atoms with E-state index in [1.807, 2.05) is 0 Å². The molecule has 1 rings (SSSR count). The molecule has 1 heterocycles. The molecule has 0 atom stereocenters. The molecule has 0 bridgehead atoms. The SMILES string of the molecule is NCCNC(=O)C(=O)NCc1cnc[nH]1. The van der Waals surface area contributed by atoms with Crippen LogP contribution in [0.4, 0.5) is 0 Å². The number of hydrogen-bond acceptors (Lipinski definition) is 4. The second-order valence-corrected chi connectivity index (χ2v) is 2.80. The molecule has 2 amide bonds. The molecule has 0 unspecified atom stereocenters. The predicted octanol–water partition coefficient (Wildman–Crippen LogP) is -1.90. The standard InChI is InChI=1S/C8H13N5O2/c9-1-2-11-7(14)8(15)12-4-6-3-10-5-13-6/h3,5H,1-2,4,9H2,(H,10,13)(H,11,14)(H,12,15). The topological polar surface area (TPSA) is 113 Å². The molecule has 7 heteroatoms. The van der Waals surface area contributed by atoms with Crippen molar-refractivity contribution in [2.45, 2.75) is 6.54 Å². The number of carbonyl (C=O) groups is 2. The minimum Gasteiger partial charge on any atom is -0.347 e. The second-order valence-electron chi connectivity index (χ2n) is 2.80. The van der Waals surface area contributed by atoms with Gasteiger partial charge in [0.2, 0.25) is 0 Å². The van der Waals surface area contributed by atoms with E-state index in [4.69, 9.17) is 5.73 Å². The number of nitrogens with one attached hydrogen (secondary N) is 3. The number of carbonyl (C=O) groups excluding carboxylic acids is 2. The van der Waals surface area contributed by atoms with Crippen LogP contribution in [-0.2, 0) is 16.1 Å². The van der Waals surface area contributed by atoms with E-state index >= 15 is 0 Å². The quantitative estimate of drug-likeness (QED) is 0.436. The number of amides is 2. The largest absolute Gasteiger partial charge is 0.347 e. The molecule has 7 nitrogen and oxygen atoms in total. The van der Waals surface area contributed by atoms with Gasteiger partial charge >= 0.3 is 11.8 Å². The Hall–Kier alpha value is -1.89. The van der Waals surface area contributed by atoms with Gasteiger partial charge in [-0.2, -0.15) is 0 Å². The Bertz CT molecular complexity index is 322. The Kier molecular flexibility index (Phi) is 4.30. The van der Waals surface area contributed by atoms with Gasteiger partial charge in [-0.25, -0.2) is 4.98 Å². The third-order valence-electron chi connectivity index (χ3n) is 1.63. The fourth-order valence-corrected chi connectivity index (χ4v) is 0.903. The Morgan fingerprint density at radius 3 is 2.73 bits per heavy atom. The van der Waals surface area contributed by atoms with Crippen molar-refractivity contribution >= 4 is 11.8 Å². The zero-order valence-corrected chi connectivity index (χ0v) is 8.12. The van der Waals surface area contributed by atoms with E-state index in [0.29, 0.717) is 6.54 Å². The van der Waals surface area contributed by atoms with Crippen LogP contribution in [0.3, 0.4) is 0 Å². The van der Waals surface area contributed by atoms with Crippen molar-refractivity contribution in [2.75, 3.05) is 13.1 Å². The van der Waals surface area contributed by atoms with E-state index < -0.39 is 11.8 Å². The molecule has 1 aromatic rings. The van der Waals surface area contributed by atoms with Crippen molar-refractivity contribution in [3.05, 3.63) is 18.2 Å². The van der Waals surface area contributed by atoms with Gasteiger partial charge in [-0.15, -0.1) is 0 Å². The summed E-state index contributed by atoms with van der Waals surface area (Å²) in [6.45, 7) is 0.838. The van der Waals surface area contributed by atoms with Crippen molar-refractivity contribution in [2.24, 2.45) is 5.73 Å². The van der Waals surface area contributed by atoms with Crippen LogP contribution < -0.4 is 16.4 Å². The first kappa shape index (κ1) is 11.2. The fourth-order valence-electron chi connectivity index (χ4n) is 0.903. The number of nitrogens with zero attached hydrogens (tertiary/aromatic N) is 1. The highest BCUT2D eigenvalue weighted by Crippen LogP contribution is 1.88. The van der Waals surface area contributed by atoms with Crippen LogP contribution in [0.2, 0.25) is 0 Å². The molecular formula is C8H13N5O2. The zero-order chi connectivity index (χ0) is 11.1. The highest BCUT2D eigenvalue weighted by Gasteiger charge is 2.11. The minimum atomic E-state index is -0.682. The van der Waals surface area contributed by atoms with Gasteiger partial charge in [0.25, 0.3) is 0 Å². The fraction of sp³-hybridized carbons (Fsp3) is 0.375. The first-order valence-electron chi connectivity index (χ1n) is 4.47. The van der Waals surface area contributed by atoms with Crippen LogP contribution in [0.1, 0.15) is 5.69 Å². The third kappa shape index (κ3) is 3.77. The maximum absolute atomic E-state index is 11.1. The first-order chi connectivity index (χ1) is 7.24. The van der Waals surface area contributed by atoms with Crippen LogP contribution >= 0.6 is 0 Å². The molecule has 0 aliphatic heterocycles. The Morgan fingerprint density at radius 1 is 1.40 bits per heavy atom. The molecule has 0 aromatic carbocycles. The zero-order valence-electron chi connectivity index (χ0n) is 8.12. The van der Waals surface area contributed by atoms with Crippen LogP contribution in [0, 0.1) is 0 Å². The lowest BCUT2D eigenvalue weighted by Crippen LogP contribution is -2.41.